The molecule has 122 valence electrons. The molecule has 1 aromatic heterocycles. The lowest BCUT2D eigenvalue weighted by Crippen LogP contribution is -2.14. The van der Waals surface area contributed by atoms with Gasteiger partial charge in [0.1, 0.15) is 0 Å². The molecular weight excluding hydrogens is 270 g/mol. The monoisotopic (exact) mass is 299 g/mol. The minimum Gasteiger partial charge on any atom is -0.382 e. The molecule has 0 spiro atoms. The molecule has 1 rings (SSSR count). The van der Waals surface area contributed by atoms with Crippen molar-refractivity contribution in [3.05, 3.63) is 17.5 Å². The molecule has 0 aliphatic heterocycles. The lowest BCUT2D eigenvalue weighted by molar-refractivity contribution is 0.0225. The second kappa shape index (κ2) is 11.7. The highest BCUT2D eigenvalue weighted by molar-refractivity contribution is 5.14. The Labute approximate surface area is 127 Å². The van der Waals surface area contributed by atoms with E-state index in [-0.39, 0.29) is 0 Å². The number of methoxy groups -OCH3 is 1. The van der Waals surface area contributed by atoms with E-state index in [9.17, 15) is 0 Å². The van der Waals surface area contributed by atoms with Gasteiger partial charge in [-0.05, 0) is 19.9 Å². The molecule has 0 atom stereocenters. The first-order chi connectivity index (χ1) is 10.3. The molecule has 0 unspecified atom stereocenters. The standard InChI is InChI=1S/C15H29N3O3/c1-4-5-16-12-15-13-18(17-14(15)2)6-7-20-10-11-21-9-8-19-3/h13,16H,4-12H2,1-3H3. The molecule has 0 saturated carbocycles. The van der Waals surface area contributed by atoms with Crippen LogP contribution in [0.2, 0.25) is 0 Å². The fourth-order valence-corrected chi connectivity index (χ4v) is 1.87. The zero-order valence-corrected chi connectivity index (χ0v) is 13.6. The van der Waals surface area contributed by atoms with Crippen molar-refractivity contribution < 1.29 is 14.2 Å². The fourth-order valence-electron chi connectivity index (χ4n) is 1.87. The van der Waals surface area contributed by atoms with Crippen molar-refractivity contribution in [1.82, 2.24) is 15.1 Å². The van der Waals surface area contributed by atoms with Gasteiger partial charge in [0.05, 0.1) is 45.3 Å². The van der Waals surface area contributed by atoms with Crippen LogP contribution in [0.25, 0.3) is 0 Å². The van der Waals surface area contributed by atoms with Crippen LogP contribution in [-0.4, -0.2) is 56.5 Å². The number of aromatic nitrogens is 2. The van der Waals surface area contributed by atoms with Gasteiger partial charge in [0.15, 0.2) is 0 Å². The normalized spacial score (nSPS) is 11.2. The maximum Gasteiger partial charge on any atom is 0.0701 e. The van der Waals surface area contributed by atoms with E-state index in [1.165, 1.54) is 5.56 Å². The van der Waals surface area contributed by atoms with Gasteiger partial charge in [0, 0.05) is 25.4 Å². The van der Waals surface area contributed by atoms with Gasteiger partial charge in [0.25, 0.3) is 0 Å². The number of ether oxygens (including phenoxy) is 3. The summed E-state index contributed by atoms with van der Waals surface area (Å²) in [4.78, 5) is 0. The van der Waals surface area contributed by atoms with Crippen LogP contribution in [0.5, 0.6) is 0 Å². The van der Waals surface area contributed by atoms with Gasteiger partial charge in [-0.2, -0.15) is 5.10 Å². The Bertz CT molecular complexity index is 369. The molecule has 0 radical (unpaired) electrons. The number of rotatable bonds is 13. The number of hydrogen-bond acceptors (Lipinski definition) is 5. The highest BCUT2D eigenvalue weighted by atomic mass is 16.5. The van der Waals surface area contributed by atoms with E-state index in [1.807, 2.05) is 11.6 Å². The summed E-state index contributed by atoms with van der Waals surface area (Å²) < 4.78 is 17.7. The molecule has 0 aliphatic carbocycles. The van der Waals surface area contributed by atoms with Gasteiger partial charge >= 0.3 is 0 Å². The zero-order chi connectivity index (χ0) is 15.3. The Morgan fingerprint density at radius 1 is 1.14 bits per heavy atom. The highest BCUT2D eigenvalue weighted by Gasteiger charge is 2.04. The van der Waals surface area contributed by atoms with Crippen LogP contribution in [0, 0.1) is 6.92 Å². The summed E-state index contributed by atoms with van der Waals surface area (Å²) in [6.45, 7) is 10.0. The second-order valence-corrected chi connectivity index (χ2v) is 4.90. The maximum atomic E-state index is 5.52. The Morgan fingerprint density at radius 3 is 2.57 bits per heavy atom. The second-order valence-electron chi connectivity index (χ2n) is 4.90. The van der Waals surface area contributed by atoms with E-state index in [0.717, 1.165) is 31.7 Å². The summed E-state index contributed by atoms with van der Waals surface area (Å²) in [5.41, 5.74) is 2.34. The first-order valence-corrected chi connectivity index (χ1v) is 7.66. The summed E-state index contributed by atoms with van der Waals surface area (Å²) in [7, 11) is 1.66. The van der Waals surface area contributed by atoms with E-state index < -0.39 is 0 Å². The molecule has 0 fully saturated rings. The quantitative estimate of drug-likeness (QED) is 0.558. The molecule has 0 saturated heterocycles. The third kappa shape index (κ3) is 8.16. The fraction of sp³-hybridized carbons (Fsp3) is 0.800. The molecule has 1 aromatic rings. The number of nitrogens with one attached hydrogen (secondary N) is 1. The predicted octanol–water partition coefficient (Wildman–Crippen LogP) is 1.37. The molecule has 0 aromatic carbocycles. The van der Waals surface area contributed by atoms with Crippen molar-refractivity contribution in [3.63, 3.8) is 0 Å². The van der Waals surface area contributed by atoms with Crippen molar-refractivity contribution >= 4 is 0 Å². The van der Waals surface area contributed by atoms with Crippen molar-refractivity contribution in [3.8, 4) is 0 Å². The number of hydrogen-bond donors (Lipinski definition) is 1. The van der Waals surface area contributed by atoms with E-state index in [0.29, 0.717) is 33.0 Å². The summed E-state index contributed by atoms with van der Waals surface area (Å²) >= 11 is 0. The third-order valence-electron chi connectivity index (χ3n) is 3.06. The Hall–Kier alpha value is -0.950. The topological polar surface area (TPSA) is 57.5 Å². The van der Waals surface area contributed by atoms with Gasteiger partial charge in [-0.3, -0.25) is 4.68 Å². The summed E-state index contributed by atoms with van der Waals surface area (Å²) in [6, 6.07) is 0. The largest absolute Gasteiger partial charge is 0.382 e. The van der Waals surface area contributed by atoms with Crippen LogP contribution in [-0.2, 0) is 27.3 Å². The first-order valence-electron chi connectivity index (χ1n) is 7.66. The van der Waals surface area contributed by atoms with Crippen LogP contribution in [0.3, 0.4) is 0 Å². The molecule has 1 heterocycles. The molecule has 0 bridgehead atoms. The lowest BCUT2D eigenvalue weighted by atomic mass is 10.2. The zero-order valence-electron chi connectivity index (χ0n) is 13.6. The Morgan fingerprint density at radius 2 is 1.86 bits per heavy atom. The van der Waals surface area contributed by atoms with E-state index in [4.69, 9.17) is 14.2 Å². The van der Waals surface area contributed by atoms with Crippen LogP contribution >= 0.6 is 0 Å². The molecular formula is C15H29N3O3. The molecule has 0 amide bonds. The third-order valence-corrected chi connectivity index (χ3v) is 3.06. The average Bonchev–Trinajstić information content (AvgIpc) is 2.82. The SMILES string of the molecule is CCCNCc1cn(CCOCCOCCOC)nc1C. The smallest absolute Gasteiger partial charge is 0.0701 e. The maximum absolute atomic E-state index is 5.52. The highest BCUT2D eigenvalue weighted by Crippen LogP contribution is 2.05. The van der Waals surface area contributed by atoms with E-state index >= 15 is 0 Å². The summed E-state index contributed by atoms with van der Waals surface area (Å²) in [6.07, 6.45) is 3.24. The predicted molar refractivity (Wildman–Crippen MR) is 82.5 cm³/mol. The van der Waals surface area contributed by atoms with Gasteiger partial charge in [-0.25, -0.2) is 0 Å². The Kier molecular flexibility index (Phi) is 10.1. The van der Waals surface area contributed by atoms with Crippen LogP contribution in [0.15, 0.2) is 6.20 Å². The first kappa shape index (κ1) is 18.1. The number of aryl methyl sites for hydroxylation is 1. The van der Waals surface area contributed by atoms with Crippen LogP contribution in [0.1, 0.15) is 24.6 Å². The Balaban J connectivity index is 2.10. The minimum absolute atomic E-state index is 0.605. The molecule has 6 heteroatoms. The van der Waals surface area contributed by atoms with Crippen molar-refractivity contribution in [2.45, 2.75) is 33.4 Å². The number of nitrogens with zero attached hydrogens (tertiary/aromatic N) is 2. The lowest BCUT2D eigenvalue weighted by Gasteiger charge is -2.05. The molecule has 1 N–H and O–H groups in total. The van der Waals surface area contributed by atoms with E-state index in [2.05, 4.69) is 23.5 Å². The van der Waals surface area contributed by atoms with Crippen LogP contribution < -0.4 is 5.32 Å². The van der Waals surface area contributed by atoms with Crippen molar-refractivity contribution in [2.24, 2.45) is 0 Å². The molecule has 21 heavy (non-hydrogen) atoms. The van der Waals surface area contributed by atoms with Gasteiger partial charge in [0.2, 0.25) is 0 Å². The van der Waals surface area contributed by atoms with Crippen LogP contribution in [0.4, 0.5) is 0 Å². The van der Waals surface area contributed by atoms with Crippen molar-refractivity contribution in [2.75, 3.05) is 46.7 Å². The summed E-state index contributed by atoms with van der Waals surface area (Å²) in [5.74, 6) is 0. The molecule has 0 aliphatic rings. The molecule has 6 nitrogen and oxygen atoms in total. The summed E-state index contributed by atoms with van der Waals surface area (Å²) in [5, 5.41) is 7.89. The van der Waals surface area contributed by atoms with Gasteiger partial charge < -0.3 is 19.5 Å². The van der Waals surface area contributed by atoms with Gasteiger partial charge in [-0.15, -0.1) is 0 Å². The average molecular weight is 299 g/mol. The van der Waals surface area contributed by atoms with Crippen molar-refractivity contribution in [1.29, 1.82) is 0 Å². The van der Waals surface area contributed by atoms with Gasteiger partial charge in [-0.1, -0.05) is 6.92 Å². The van der Waals surface area contributed by atoms with E-state index in [1.54, 1.807) is 7.11 Å². The minimum atomic E-state index is 0.605.